The highest BCUT2D eigenvalue weighted by atomic mass is 16.5. The number of aliphatic hydroxyl groups excluding tert-OH is 1. The van der Waals surface area contributed by atoms with Gasteiger partial charge in [0.25, 0.3) is 0 Å². The van der Waals surface area contributed by atoms with E-state index in [1.165, 1.54) is 47.9 Å². The maximum absolute atomic E-state index is 12.9. The predicted molar refractivity (Wildman–Crippen MR) is 146 cm³/mol. The van der Waals surface area contributed by atoms with Crippen LogP contribution in [0, 0.1) is 0 Å². The second kappa shape index (κ2) is 13.3. The first-order chi connectivity index (χ1) is 17.7. The molecule has 0 bridgehead atoms. The maximum Gasteiger partial charge on any atom is 0.407 e. The van der Waals surface area contributed by atoms with Gasteiger partial charge in [-0.2, -0.15) is 0 Å². The second-order valence-corrected chi connectivity index (χ2v) is 9.89. The smallest absolute Gasteiger partial charge is 0.407 e. The number of ether oxygens (including phenoxy) is 1. The monoisotopic (exact) mass is 485 g/mol. The van der Waals surface area contributed by atoms with Crippen LogP contribution in [0.5, 0.6) is 0 Å². The van der Waals surface area contributed by atoms with Gasteiger partial charge >= 0.3 is 6.09 Å². The molecular formula is C32H39NO3. The van der Waals surface area contributed by atoms with Crippen LogP contribution >= 0.6 is 0 Å². The lowest BCUT2D eigenvalue weighted by Crippen LogP contribution is -2.45. The largest absolute Gasteiger partial charge is 0.449 e. The van der Waals surface area contributed by atoms with Crippen molar-refractivity contribution < 1.29 is 14.6 Å². The zero-order chi connectivity index (χ0) is 25.2. The molecule has 0 saturated heterocycles. The number of fused-ring (bicyclic) bond motifs is 3. The molecule has 0 unspecified atom stereocenters. The van der Waals surface area contributed by atoms with E-state index in [2.05, 4.69) is 36.5 Å². The molecule has 0 saturated carbocycles. The van der Waals surface area contributed by atoms with Crippen molar-refractivity contribution in [3.05, 3.63) is 95.6 Å². The zero-order valence-electron chi connectivity index (χ0n) is 21.4. The molecule has 0 fully saturated rings. The van der Waals surface area contributed by atoms with Gasteiger partial charge in [0.2, 0.25) is 0 Å². The summed E-state index contributed by atoms with van der Waals surface area (Å²) < 4.78 is 5.77. The van der Waals surface area contributed by atoms with E-state index in [1.807, 2.05) is 54.6 Å². The molecule has 190 valence electrons. The molecule has 0 spiro atoms. The molecule has 3 aromatic rings. The third-order valence-electron chi connectivity index (χ3n) is 7.26. The van der Waals surface area contributed by atoms with Gasteiger partial charge in [-0.3, -0.25) is 0 Å². The number of carbonyl (C=O) groups excluding carboxylic acids is 1. The van der Waals surface area contributed by atoms with Gasteiger partial charge in [0.05, 0.1) is 12.1 Å². The lowest BCUT2D eigenvalue weighted by atomic mass is 9.97. The lowest BCUT2D eigenvalue weighted by molar-refractivity contribution is 0.0962. The Morgan fingerprint density at radius 3 is 2.08 bits per heavy atom. The number of amides is 1. The van der Waals surface area contributed by atoms with Crippen molar-refractivity contribution in [2.24, 2.45) is 0 Å². The lowest BCUT2D eigenvalue weighted by Gasteiger charge is -2.25. The van der Waals surface area contributed by atoms with Gasteiger partial charge in [0.1, 0.15) is 6.61 Å². The van der Waals surface area contributed by atoms with Gasteiger partial charge < -0.3 is 15.2 Å². The molecule has 4 heteroatoms. The molecule has 0 radical (unpaired) electrons. The summed E-state index contributed by atoms with van der Waals surface area (Å²) in [6, 6.07) is 26.3. The van der Waals surface area contributed by atoms with E-state index < -0.39 is 18.2 Å². The first-order valence-electron chi connectivity index (χ1n) is 13.5. The third kappa shape index (κ3) is 6.76. The number of aliphatic hydroxyl groups is 1. The highest BCUT2D eigenvalue weighted by Gasteiger charge is 2.29. The molecule has 36 heavy (non-hydrogen) atoms. The average Bonchev–Trinajstić information content (AvgIpc) is 3.23. The summed E-state index contributed by atoms with van der Waals surface area (Å²) in [4.78, 5) is 12.9. The molecule has 4 rings (SSSR count). The summed E-state index contributed by atoms with van der Waals surface area (Å²) in [5.41, 5.74) is 5.88. The molecule has 2 N–H and O–H groups in total. The molecule has 0 aromatic heterocycles. The number of rotatable bonds is 13. The zero-order valence-corrected chi connectivity index (χ0v) is 21.4. The Hall–Kier alpha value is -3.11. The van der Waals surface area contributed by atoms with E-state index in [4.69, 9.17) is 4.74 Å². The first kappa shape index (κ1) is 26.0. The van der Waals surface area contributed by atoms with E-state index in [0.29, 0.717) is 12.8 Å². The van der Waals surface area contributed by atoms with E-state index in [0.717, 1.165) is 18.4 Å². The Kier molecular flexibility index (Phi) is 9.57. The molecule has 2 atom stereocenters. The van der Waals surface area contributed by atoms with Crippen LogP contribution < -0.4 is 5.32 Å². The summed E-state index contributed by atoms with van der Waals surface area (Å²) >= 11 is 0. The topological polar surface area (TPSA) is 58.6 Å². The highest BCUT2D eigenvalue weighted by molar-refractivity contribution is 5.79. The van der Waals surface area contributed by atoms with E-state index in [1.54, 1.807) is 0 Å². The number of nitrogens with one attached hydrogen (secondary N) is 1. The molecule has 4 nitrogen and oxygen atoms in total. The Morgan fingerprint density at radius 2 is 1.42 bits per heavy atom. The van der Waals surface area contributed by atoms with Crippen molar-refractivity contribution in [1.29, 1.82) is 0 Å². The SMILES string of the molecule is CCCCCCCC[C@@H](O)[C@H](Cc1ccccc1)NC(=O)OCC1c2ccccc2-c2ccccc21. The molecule has 1 amide bonds. The number of benzene rings is 3. The van der Waals surface area contributed by atoms with Gasteiger partial charge in [-0.1, -0.05) is 124 Å². The Bertz CT molecular complexity index is 1050. The molecule has 3 aromatic carbocycles. The molecular weight excluding hydrogens is 446 g/mol. The Labute approximate surface area is 215 Å². The van der Waals surface area contributed by atoms with Crippen molar-refractivity contribution in [3.63, 3.8) is 0 Å². The summed E-state index contributed by atoms with van der Waals surface area (Å²) in [6.45, 7) is 2.48. The minimum atomic E-state index is -0.614. The highest BCUT2D eigenvalue weighted by Crippen LogP contribution is 2.44. The Balaban J connectivity index is 1.36. The van der Waals surface area contributed by atoms with Crippen LogP contribution in [0.4, 0.5) is 4.79 Å². The summed E-state index contributed by atoms with van der Waals surface area (Å²) in [5, 5.41) is 14.0. The van der Waals surface area contributed by atoms with Crippen LogP contribution in [0.3, 0.4) is 0 Å². The molecule has 1 aliphatic carbocycles. The Morgan fingerprint density at radius 1 is 0.833 bits per heavy atom. The third-order valence-corrected chi connectivity index (χ3v) is 7.26. The molecule has 1 aliphatic rings. The van der Waals surface area contributed by atoms with Crippen molar-refractivity contribution >= 4 is 6.09 Å². The van der Waals surface area contributed by atoms with Gasteiger partial charge in [0, 0.05) is 5.92 Å². The fourth-order valence-electron chi connectivity index (χ4n) is 5.28. The predicted octanol–water partition coefficient (Wildman–Crippen LogP) is 7.25. The van der Waals surface area contributed by atoms with E-state index >= 15 is 0 Å². The summed E-state index contributed by atoms with van der Waals surface area (Å²) in [5.74, 6) is 0.0174. The van der Waals surface area contributed by atoms with Crippen molar-refractivity contribution in [2.75, 3.05) is 6.61 Å². The van der Waals surface area contributed by atoms with Crippen LogP contribution in [-0.2, 0) is 11.2 Å². The number of carbonyl (C=O) groups is 1. The number of hydrogen-bond acceptors (Lipinski definition) is 3. The maximum atomic E-state index is 12.9. The first-order valence-corrected chi connectivity index (χ1v) is 13.5. The van der Waals surface area contributed by atoms with Gasteiger partial charge in [-0.25, -0.2) is 4.79 Å². The van der Waals surface area contributed by atoms with Gasteiger partial charge in [0.15, 0.2) is 0 Å². The standard InChI is InChI=1S/C32H39NO3/c1-2-3-4-5-6-10-21-31(34)30(22-24-15-8-7-9-16-24)33-32(35)36-23-29-27-19-13-11-17-25(27)26-18-12-14-20-28(26)29/h7-9,11-20,29-31,34H,2-6,10,21-23H2,1H3,(H,33,35)/t30-,31+/m0/s1. The van der Waals surface area contributed by atoms with E-state index in [-0.39, 0.29) is 12.5 Å². The van der Waals surface area contributed by atoms with Crippen molar-refractivity contribution in [2.45, 2.75) is 76.4 Å². The minimum Gasteiger partial charge on any atom is -0.449 e. The summed E-state index contributed by atoms with van der Waals surface area (Å²) in [6.07, 6.45) is 7.17. The van der Waals surface area contributed by atoms with Crippen LogP contribution in [-0.4, -0.2) is 30.0 Å². The van der Waals surface area contributed by atoms with E-state index in [9.17, 15) is 9.90 Å². The summed E-state index contributed by atoms with van der Waals surface area (Å²) in [7, 11) is 0. The molecule has 0 aliphatic heterocycles. The van der Waals surface area contributed by atoms with Crippen molar-refractivity contribution in [3.8, 4) is 11.1 Å². The quantitative estimate of drug-likeness (QED) is 0.251. The van der Waals surface area contributed by atoms with Crippen LogP contribution in [0.15, 0.2) is 78.9 Å². The number of alkyl carbamates (subject to hydrolysis) is 1. The van der Waals surface area contributed by atoms with Gasteiger partial charge in [-0.05, 0) is 40.7 Å². The van der Waals surface area contributed by atoms with Crippen LogP contribution in [0.2, 0.25) is 0 Å². The second-order valence-electron chi connectivity index (χ2n) is 9.89. The normalized spacial score (nSPS) is 14.1. The fourth-order valence-corrected chi connectivity index (χ4v) is 5.28. The minimum absolute atomic E-state index is 0.0174. The molecule has 0 heterocycles. The average molecular weight is 486 g/mol. The van der Waals surface area contributed by atoms with Crippen LogP contribution in [0.1, 0.15) is 74.5 Å². The fraction of sp³-hybridized carbons (Fsp3) is 0.406. The van der Waals surface area contributed by atoms with Crippen LogP contribution in [0.25, 0.3) is 11.1 Å². The van der Waals surface area contributed by atoms with Gasteiger partial charge in [-0.15, -0.1) is 0 Å². The van der Waals surface area contributed by atoms with Crippen molar-refractivity contribution in [1.82, 2.24) is 5.32 Å². The number of unbranched alkanes of at least 4 members (excludes halogenated alkanes) is 5. The number of hydrogen-bond donors (Lipinski definition) is 2.